The van der Waals surface area contributed by atoms with Crippen molar-refractivity contribution in [3.63, 3.8) is 0 Å². The van der Waals surface area contributed by atoms with Gasteiger partial charge in [0.2, 0.25) is 5.91 Å². The van der Waals surface area contributed by atoms with Crippen LogP contribution >= 0.6 is 0 Å². The molecule has 2 aliphatic rings. The second kappa shape index (κ2) is 5.49. The molecule has 7 heteroatoms. The summed E-state index contributed by atoms with van der Waals surface area (Å²) in [6.07, 6.45) is 1.45. The van der Waals surface area contributed by atoms with Gasteiger partial charge in [0, 0.05) is 13.0 Å². The summed E-state index contributed by atoms with van der Waals surface area (Å²) in [5.74, 6) is -2.36. The molecule has 0 bridgehead atoms. The van der Waals surface area contributed by atoms with E-state index in [1.165, 1.54) is 0 Å². The van der Waals surface area contributed by atoms with Crippen molar-refractivity contribution >= 4 is 23.7 Å². The summed E-state index contributed by atoms with van der Waals surface area (Å²) in [6.45, 7) is -0.0616. The lowest BCUT2D eigenvalue weighted by Gasteiger charge is -2.38. The van der Waals surface area contributed by atoms with Crippen LogP contribution in [0.2, 0.25) is 0 Å². The molecule has 0 atom stereocenters. The van der Waals surface area contributed by atoms with E-state index in [9.17, 15) is 24.3 Å². The molecule has 120 valence electrons. The number of carbonyl (C=O) groups excluding carboxylic acids is 3. The van der Waals surface area contributed by atoms with Crippen molar-refractivity contribution in [2.24, 2.45) is 0 Å². The van der Waals surface area contributed by atoms with Gasteiger partial charge >= 0.3 is 5.97 Å². The van der Waals surface area contributed by atoms with Crippen molar-refractivity contribution in [2.45, 2.75) is 31.2 Å². The Kier molecular flexibility index (Phi) is 3.63. The number of aliphatic carboxylic acids is 1. The third-order valence-electron chi connectivity index (χ3n) is 4.44. The second-order valence-corrected chi connectivity index (χ2v) is 5.85. The Labute approximate surface area is 132 Å². The molecule has 0 radical (unpaired) electrons. The Balaban J connectivity index is 1.61. The summed E-state index contributed by atoms with van der Waals surface area (Å²) in [4.78, 5) is 48.5. The van der Waals surface area contributed by atoms with E-state index in [0.29, 0.717) is 24.0 Å². The predicted octanol–water partition coefficient (Wildman–Crippen LogP) is 0.796. The lowest BCUT2D eigenvalue weighted by molar-refractivity contribution is -0.151. The number of rotatable bonds is 5. The zero-order valence-corrected chi connectivity index (χ0v) is 12.4. The topological polar surface area (TPSA) is 104 Å². The van der Waals surface area contributed by atoms with Crippen LogP contribution in [0, 0.1) is 0 Å². The lowest BCUT2D eigenvalue weighted by atomic mass is 9.76. The molecule has 0 aromatic heterocycles. The van der Waals surface area contributed by atoms with E-state index in [1.807, 2.05) is 0 Å². The molecule has 1 aliphatic heterocycles. The molecule has 2 N–H and O–H groups in total. The van der Waals surface area contributed by atoms with Crippen LogP contribution in [0.15, 0.2) is 24.3 Å². The first kappa shape index (κ1) is 15.2. The van der Waals surface area contributed by atoms with Gasteiger partial charge in [-0.15, -0.1) is 0 Å². The number of fused-ring (bicyclic) bond motifs is 1. The number of nitrogens with one attached hydrogen (secondary N) is 1. The first-order valence-electron chi connectivity index (χ1n) is 7.44. The van der Waals surface area contributed by atoms with Crippen LogP contribution in [0.1, 0.15) is 46.4 Å². The molecule has 1 heterocycles. The molecule has 7 nitrogen and oxygen atoms in total. The van der Waals surface area contributed by atoms with E-state index in [4.69, 9.17) is 0 Å². The molecule has 23 heavy (non-hydrogen) atoms. The van der Waals surface area contributed by atoms with Crippen molar-refractivity contribution in [2.75, 3.05) is 6.54 Å². The Bertz CT molecular complexity index is 673. The molecule has 0 spiro atoms. The fraction of sp³-hybridized carbons (Fsp3) is 0.375. The average Bonchev–Trinajstić information content (AvgIpc) is 2.73. The number of nitrogens with zero attached hydrogens (tertiary/aromatic N) is 1. The van der Waals surface area contributed by atoms with Gasteiger partial charge in [0.1, 0.15) is 5.54 Å². The van der Waals surface area contributed by atoms with Crippen molar-refractivity contribution in [3.05, 3.63) is 35.4 Å². The van der Waals surface area contributed by atoms with Crippen molar-refractivity contribution in [3.8, 4) is 0 Å². The highest BCUT2D eigenvalue weighted by atomic mass is 16.4. The third kappa shape index (κ3) is 2.48. The number of hydrogen-bond donors (Lipinski definition) is 2. The second-order valence-electron chi connectivity index (χ2n) is 5.85. The predicted molar refractivity (Wildman–Crippen MR) is 78.8 cm³/mol. The molecular formula is C16H16N2O5. The summed E-state index contributed by atoms with van der Waals surface area (Å²) in [5, 5.41) is 11.7. The van der Waals surface area contributed by atoms with Gasteiger partial charge in [-0.05, 0) is 31.4 Å². The average molecular weight is 316 g/mol. The van der Waals surface area contributed by atoms with Crippen LogP contribution in [0.25, 0.3) is 0 Å². The molecule has 0 unspecified atom stereocenters. The summed E-state index contributed by atoms with van der Waals surface area (Å²) >= 11 is 0. The molecule has 1 aromatic rings. The van der Waals surface area contributed by atoms with E-state index in [1.54, 1.807) is 24.3 Å². The number of carboxylic acid groups (broad SMARTS) is 1. The van der Waals surface area contributed by atoms with Crippen LogP contribution in [0.5, 0.6) is 0 Å². The van der Waals surface area contributed by atoms with E-state index < -0.39 is 29.2 Å². The summed E-state index contributed by atoms with van der Waals surface area (Å²) in [6, 6.07) is 6.49. The smallest absolute Gasteiger partial charge is 0.329 e. The minimum absolute atomic E-state index is 0.0616. The number of carbonyl (C=O) groups is 4. The molecule has 0 saturated heterocycles. The third-order valence-corrected chi connectivity index (χ3v) is 4.44. The standard InChI is InChI=1S/C16H16N2O5/c19-12(17-16(15(22)23)7-3-8-16)6-9-18-13(20)10-4-1-2-5-11(10)14(18)21/h1-2,4-5H,3,6-9H2,(H,17,19)(H,22,23). The normalized spacial score (nSPS) is 18.3. The van der Waals surface area contributed by atoms with E-state index in [0.717, 1.165) is 11.3 Å². The summed E-state index contributed by atoms with van der Waals surface area (Å²) in [7, 11) is 0. The molecule has 3 amide bonds. The minimum atomic E-state index is -1.18. The fourth-order valence-electron chi connectivity index (χ4n) is 2.91. The van der Waals surface area contributed by atoms with Crippen molar-refractivity contribution in [1.29, 1.82) is 0 Å². The number of amides is 3. The maximum absolute atomic E-state index is 12.2. The monoisotopic (exact) mass is 316 g/mol. The van der Waals surface area contributed by atoms with Crippen LogP contribution in [-0.2, 0) is 9.59 Å². The molecule has 1 fully saturated rings. The van der Waals surface area contributed by atoms with Crippen LogP contribution in [-0.4, -0.2) is 45.8 Å². The fourth-order valence-corrected chi connectivity index (χ4v) is 2.91. The van der Waals surface area contributed by atoms with Crippen LogP contribution in [0.4, 0.5) is 0 Å². The maximum Gasteiger partial charge on any atom is 0.329 e. The first-order valence-corrected chi connectivity index (χ1v) is 7.44. The van der Waals surface area contributed by atoms with Crippen molar-refractivity contribution in [1.82, 2.24) is 10.2 Å². The number of imide groups is 1. The van der Waals surface area contributed by atoms with Gasteiger partial charge in [-0.1, -0.05) is 12.1 Å². The molecule has 1 aromatic carbocycles. The van der Waals surface area contributed by atoms with E-state index >= 15 is 0 Å². The highest BCUT2D eigenvalue weighted by Gasteiger charge is 2.45. The van der Waals surface area contributed by atoms with Gasteiger partial charge in [0.15, 0.2) is 0 Å². The first-order chi connectivity index (χ1) is 10.9. The highest BCUT2D eigenvalue weighted by Crippen LogP contribution is 2.32. The van der Waals surface area contributed by atoms with Gasteiger partial charge in [0.05, 0.1) is 11.1 Å². The molecule has 1 aliphatic carbocycles. The van der Waals surface area contributed by atoms with Gasteiger partial charge in [-0.2, -0.15) is 0 Å². The summed E-state index contributed by atoms with van der Waals surface area (Å²) < 4.78 is 0. The maximum atomic E-state index is 12.2. The minimum Gasteiger partial charge on any atom is -0.480 e. The number of hydrogen-bond acceptors (Lipinski definition) is 4. The van der Waals surface area contributed by atoms with Gasteiger partial charge in [0.25, 0.3) is 11.8 Å². The highest BCUT2D eigenvalue weighted by molar-refractivity contribution is 6.21. The quantitative estimate of drug-likeness (QED) is 0.782. The number of benzene rings is 1. The van der Waals surface area contributed by atoms with Crippen LogP contribution < -0.4 is 5.32 Å². The zero-order chi connectivity index (χ0) is 16.6. The van der Waals surface area contributed by atoms with Crippen LogP contribution in [0.3, 0.4) is 0 Å². The molecule has 1 saturated carbocycles. The largest absolute Gasteiger partial charge is 0.480 e. The van der Waals surface area contributed by atoms with Crippen molar-refractivity contribution < 1.29 is 24.3 Å². The summed E-state index contributed by atoms with van der Waals surface area (Å²) in [5.41, 5.74) is -0.517. The lowest BCUT2D eigenvalue weighted by Crippen LogP contribution is -2.59. The Hall–Kier alpha value is -2.70. The van der Waals surface area contributed by atoms with Gasteiger partial charge < -0.3 is 10.4 Å². The van der Waals surface area contributed by atoms with E-state index in [2.05, 4.69) is 5.32 Å². The van der Waals surface area contributed by atoms with Gasteiger partial charge in [-0.25, -0.2) is 4.79 Å². The SMILES string of the molecule is O=C(CCN1C(=O)c2ccccc2C1=O)NC1(C(=O)O)CCC1. The molecule has 3 rings (SSSR count). The molecular weight excluding hydrogens is 300 g/mol. The Morgan fingerprint density at radius 2 is 1.70 bits per heavy atom. The number of carboxylic acids is 1. The Morgan fingerprint density at radius 3 is 2.13 bits per heavy atom. The van der Waals surface area contributed by atoms with E-state index in [-0.39, 0.29) is 13.0 Å². The Morgan fingerprint density at radius 1 is 1.13 bits per heavy atom. The van der Waals surface area contributed by atoms with Gasteiger partial charge in [-0.3, -0.25) is 19.3 Å². The zero-order valence-electron chi connectivity index (χ0n) is 12.4.